The molecule has 2 amide bonds. The van der Waals surface area contributed by atoms with Gasteiger partial charge < -0.3 is 29.6 Å². The van der Waals surface area contributed by atoms with Gasteiger partial charge in [0.15, 0.2) is 5.78 Å². The van der Waals surface area contributed by atoms with E-state index in [4.69, 9.17) is 9.47 Å². The summed E-state index contributed by atoms with van der Waals surface area (Å²) in [7, 11) is 0. The second-order valence-electron chi connectivity index (χ2n) is 15.6. The molecule has 3 aliphatic carbocycles. The van der Waals surface area contributed by atoms with Crippen LogP contribution in [0.15, 0.2) is 30.5 Å². The molecule has 0 bridgehead atoms. The van der Waals surface area contributed by atoms with Gasteiger partial charge in [0, 0.05) is 56.7 Å². The number of carbonyl (C=O) groups is 3. The Hall–Kier alpha value is -2.99. The van der Waals surface area contributed by atoms with Gasteiger partial charge in [-0.05, 0) is 71.1 Å². The number of morpholine rings is 1. The molecule has 11 nitrogen and oxygen atoms in total. The van der Waals surface area contributed by atoms with Crippen LogP contribution in [0.25, 0.3) is 0 Å². The minimum absolute atomic E-state index is 0.0554. The number of aromatic nitrogens is 2. The molecule has 2 N–H and O–H groups in total. The number of Topliss-reactive ketones (excluding diaryl/α,β-unsaturated/α-hetero) is 1. The normalized spacial score (nSPS) is 36.9. The number of nitrogens with zero attached hydrogens (tertiary/aromatic N) is 4. The van der Waals surface area contributed by atoms with E-state index in [2.05, 4.69) is 25.4 Å². The Kier molecular flexibility index (Phi) is 9.10. The molecule has 2 saturated heterocycles. The predicted octanol–water partition coefficient (Wildman–Crippen LogP) is 3.59. The van der Waals surface area contributed by atoms with E-state index >= 15 is 4.39 Å². The number of ketones is 1. The molecule has 12 heteroatoms. The minimum Gasteiger partial charge on any atom is -0.444 e. The molecule has 47 heavy (non-hydrogen) atoms. The highest BCUT2D eigenvalue weighted by Gasteiger charge is 2.61. The van der Waals surface area contributed by atoms with Gasteiger partial charge in [0.2, 0.25) is 0 Å². The Balaban J connectivity index is 1.12. The van der Waals surface area contributed by atoms with Crippen molar-refractivity contribution in [2.45, 2.75) is 133 Å². The van der Waals surface area contributed by atoms with E-state index in [0.717, 1.165) is 19.3 Å². The maximum atomic E-state index is 16.6. The van der Waals surface area contributed by atoms with E-state index in [1.165, 1.54) is 19.3 Å². The summed E-state index contributed by atoms with van der Waals surface area (Å²) in [6, 6.07) is -0.950. The van der Waals surface area contributed by atoms with Crippen LogP contribution in [0, 0.1) is 17.8 Å². The smallest absolute Gasteiger partial charge is 0.407 e. The van der Waals surface area contributed by atoms with Crippen LogP contribution in [-0.4, -0.2) is 105 Å². The van der Waals surface area contributed by atoms with Gasteiger partial charge in [-0.3, -0.25) is 14.5 Å². The maximum absolute atomic E-state index is 16.6. The summed E-state index contributed by atoms with van der Waals surface area (Å²) >= 11 is 0. The molecule has 3 saturated carbocycles. The number of alkyl halides is 1. The minimum atomic E-state index is -1.30. The highest BCUT2D eigenvalue weighted by atomic mass is 19.1. The van der Waals surface area contributed by atoms with Crippen molar-refractivity contribution >= 4 is 17.8 Å². The fourth-order valence-electron chi connectivity index (χ4n) is 9.56. The third-order valence-electron chi connectivity index (χ3n) is 11.5. The number of halogens is 1. The number of aryl methyl sites for hydroxylation is 1. The molecule has 1 aromatic heterocycles. The number of imidazole rings is 1. The molecule has 4 heterocycles. The Morgan fingerprint density at radius 2 is 1.94 bits per heavy atom. The van der Waals surface area contributed by atoms with Gasteiger partial charge in [-0.25, -0.2) is 14.2 Å². The molecule has 0 radical (unpaired) electrons. The quantitative estimate of drug-likeness (QED) is 0.339. The first kappa shape index (κ1) is 32.6. The van der Waals surface area contributed by atoms with Crippen molar-refractivity contribution in [3.05, 3.63) is 30.5 Å². The van der Waals surface area contributed by atoms with Crippen LogP contribution in [0.1, 0.15) is 78.6 Å². The first-order chi connectivity index (χ1) is 22.6. The van der Waals surface area contributed by atoms with Crippen molar-refractivity contribution in [3.8, 4) is 0 Å². The van der Waals surface area contributed by atoms with Crippen molar-refractivity contribution in [3.63, 3.8) is 0 Å². The van der Waals surface area contributed by atoms with Crippen LogP contribution in [0.4, 0.5) is 9.18 Å². The van der Waals surface area contributed by atoms with Crippen LogP contribution in [-0.2, 0) is 25.6 Å². The van der Waals surface area contributed by atoms with Gasteiger partial charge in [0.1, 0.15) is 11.8 Å². The maximum Gasteiger partial charge on any atom is 0.407 e. The Morgan fingerprint density at radius 1 is 1.11 bits per heavy atom. The molecule has 258 valence electrons. The number of carbonyl (C=O) groups excluding carboxylic acids is 3. The summed E-state index contributed by atoms with van der Waals surface area (Å²) in [5.41, 5.74) is -0.456. The van der Waals surface area contributed by atoms with E-state index in [1.807, 2.05) is 37.7 Å². The lowest BCUT2D eigenvalue weighted by Crippen LogP contribution is -2.74. The zero-order valence-electron chi connectivity index (χ0n) is 28.0. The fourth-order valence-corrected chi connectivity index (χ4v) is 9.56. The van der Waals surface area contributed by atoms with Gasteiger partial charge in [-0.1, -0.05) is 19.3 Å². The second-order valence-corrected chi connectivity index (χ2v) is 15.6. The number of rotatable bonds is 7. The summed E-state index contributed by atoms with van der Waals surface area (Å²) in [5.74, 6) is -0.300. The third-order valence-corrected chi connectivity index (χ3v) is 11.5. The number of hydrogen-bond donors (Lipinski definition) is 2. The largest absolute Gasteiger partial charge is 0.444 e. The zero-order chi connectivity index (χ0) is 32.9. The van der Waals surface area contributed by atoms with Crippen molar-refractivity contribution in [1.29, 1.82) is 0 Å². The third kappa shape index (κ3) is 6.56. The highest BCUT2D eigenvalue weighted by molar-refractivity contribution is 6.20. The molecule has 6 aliphatic rings. The lowest BCUT2D eigenvalue weighted by Gasteiger charge is -2.62. The van der Waals surface area contributed by atoms with Crippen LogP contribution < -0.4 is 10.6 Å². The fraction of sp³-hybridized carbons (Fsp3) is 0.771. The van der Waals surface area contributed by atoms with Crippen LogP contribution in [0.5, 0.6) is 0 Å². The van der Waals surface area contributed by atoms with E-state index in [9.17, 15) is 14.4 Å². The van der Waals surface area contributed by atoms with E-state index in [-0.39, 0.29) is 47.9 Å². The molecular formula is C35H51FN6O5. The summed E-state index contributed by atoms with van der Waals surface area (Å²) in [4.78, 5) is 48.6. The van der Waals surface area contributed by atoms with Crippen LogP contribution in [0.3, 0.4) is 0 Å². The number of likely N-dealkylation sites (tertiary alicyclic amines) is 1. The first-order valence-corrected chi connectivity index (χ1v) is 17.9. The first-order valence-electron chi connectivity index (χ1n) is 17.9. The topological polar surface area (TPSA) is 118 Å². The lowest BCUT2D eigenvalue weighted by molar-refractivity contribution is -0.231. The highest BCUT2D eigenvalue weighted by Crippen LogP contribution is 2.51. The Labute approximate surface area is 277 Å². The molecule has 9 unspecified atom stereocenters. The van der Waals surface area contributed by atoms with Gasteiger partial charge in [0.05, 0.1) is 42.2 Å². The van der Waals surface area contributed by atoms with Gasteiger partial charge in [-0.2, -0.15) is 0 Å². The van der Waals surface area contributed by atoms with Gasteiger partial charge >= 0.3 is 6.09 Å². The summed E-state index contributed by atoms with van der Waals surface area (Å²) in [5, 5.41) is 5.94. The monoisotopic (exact) mass is 654 g/mol. The molecular weight excluding hydrogens is 603 g/mol. The molecule has 0 spiro atoms. The lowest BCUT2D eigenvalue weighted by atomic mass is 9.64. The molecule has 10 atom stereocenters. The number of hydrogen-bond acceptors (Lipinski definition) is 8. The van der Waals surface area contributed by atoms with Crippen molar-refractivity contribution in [1.82, 2.24) is 30.0 Å². The van der Waals surface area contributed by atoms with Crippen LogP contribution >= 0.6 is 0 Å². The summed E-state index contributed by atoms with van der Waals surface area (Å²) < 4.78 is 31.1. The van der Waals surface area contributed by atoms with Gasteiger partial charge in [0.25, 0.3) is 5.91 Å². The summed E-state index contributed by atoms with van der Waals surface area (Å²) in [6.45, 7) is 7.76. The average molecular weight is 655 g/mol. The van der Waals surface area contributed by atoms with Crippen molar-refractivity contribution in [2.24, 2.45) is 17.8 Å². The van der Waals surface area contributed by atoms with Crippen LogP contribution in [0.2, 0.25) is 0 Å². The van der Waals surface area contributed by atoms with E-state index < -0.39 is 35.9 Å². The standard InChI is InChI=1S/C35H51FN6O5/c1-35(2,3)47-34(45)39-22-11-15-41(18-22)29-26(36)17-24-28-32(29)46-31-23-8-5-4-7-21(23)9-10-27(31)42(28)19-25(30(24)43)33(44)38-12-6-14-40-16-13-37-20-40/h13,16,19-24,26-29,31-32H,4-12,14-15,17-18H2,1-3H3,(H,38,44)(H,39,45)/t21?,22-,23?,24?,26?,27?,28?,29?,31?,32?/m1/s1. The number of ether oxygens (including phenoxy) is 2. The number of nitrogens with one attached hydrogen (secondary N) is 2. The number of alkyl carbamates (subject to hydrolysis) is 1. The SMILES string of the molecule is CC(C)(C)OC(=O)N[C@@H]1CCN(C2C(F)CC3C(=O)C(C(=O)NCCCn4ccnc4)=CN4C5CCC6CCCCC6C5OC2C34)C1. The molecule has 5 fully saturated rings. The van der Waals surface area contributed by atoms with Gasteiger partial charge in [-0.15, -0.1) is 0 Å². The summed E-state index contributed by atoms with van der Waals surface area (Å²) in [6.07, 6.45) is 13.1. The van der Waals surface area contributed by atoms with E-state index in [1.54, 1.807) is 12.5 Å². The molecule has 0 aromatic carbocycles. The average Bonchev–Trinajstić information content (AvgIpc) is 3.72. The van der Waals surface area contributed by atoms with Crippen molar-refractivity contribution < 1.29 is 28.2 Å². The molecule has 3 aliphatic heterocycles. The number of fused-ring (bicyclic) bond motifs is 4. The molecule has 1 aromatic rings. The Morgan fingerprint density at radius 3 is 2.72 bits per heavy atom. The van der Waals surface area contributed by atoms with E-state index in [0.29, 0.717) is 50.9 Å². The number of amides is 2. The Bertz CT molecular complexity index is 1350. The molecule has 7 rings (SSSR count). The van der Waals surface area contributed by atoms with Crippen molar-refractivity contribution in [2.75, 3.05) is 19.6 Å². The zero-order valence-corrected chi connectivity index (χ0v) is 28.0. The predicted molar refractivity (Wildman–Crippen MR) is 172 cm³/mol. The second kappa shape index (κ2) is 13.1.